The molecule has 1 aliphatic heterocycles. The summed E-state index contributed by atoms with van der Waals surface area (Å²) in [6, 6.07) is 17.8. The zero-order valence-corrected chi connectivity index (χ0v) is 18.2. The van der Waals surface area contributed by atoms with Crippen molar-refractivity contribution in [2.45, 2.75) is 44.2 Å². The van der Waals surface area contributed by atoms with Crippen LogP contribution in [0.1, 0.15) is 40.2 Å². The van der Waals surface area contributed by atoms with Crippen LogP contribution in [0, 0.1) is 13.8 Å². The molecule has 1 fully saturated rings. The Kier molecular flexibility index (Phi) is 6.55. The number of ether oxygens (including phenoxy) is 1. The average Bonchev–Trinajstić information content (AvgIpc) is 3.39. The fourth-order valence-corrected chi connectivity index (χ4v) is 4.87. The lowest BCUT2D eigenvalue weighted by molar-refractivity contribution is 0.0947. The summed E-state index contributed by atoms with van der Waals surface area (Å²) < 4.78 is 7.65. The number of carbonyl (C=O) groups is 1. The smallest absolute Gasteiger partial charge is 0.252 e. The normalized spacial score (nSPS) is 16.0. The Balaban J connectivity index is 1.45. The summed E-state index contributed by atoms with van der Waals surface area (Å²) in [7, 11) is 0. The monoisotopic (exact) mass is 421 g/mol. The van der Waals surface area contributed by atoms with Gasteiger partial charge in [0.1, 0.15) is 0 Å². The van der Waals surface area contributed by atoms with E-state index in [-0.39, 0.29) is 5.91 Å². The van der Waals surface area contributed by atoms with Crippen LogP contribution in [0.15, 0.2) is 59.5 Å². The molecule has 30 heavy (non-hydrogen) atoms. The molecule has 6 heteroatoms. The predicted octanol–water partition coefficient (Wildman–Crippen LogP) is 4.69. The number of hydrogen-bond donors (Lipinski definition) is 1. The molecular weight excluding hydrogens is 394 g/mol. The third-order valence-corrected chi connectivity index (χ3v) is 6.65. The highest BCUT2D eigenvalue weighted by Crippen LogP contribution is 2.27. The van der Waals surface area contributed by atoms with Gasteiger partial charge in [-0.25, -0.2) is 4.68 Å². The number of aromatic nitrogens is 2. The highest BCUT2D eigenvalue weighted by molar-refractivity contribution is 7.99. The number of carbonyl (C=O) groups excluding carboxylic acids is 1. The van der Waals surface area contributed by atoms with Crippen LogP contribution in [0.25, 0.3) is 5.69 Å². The number of thioether (sulfide) groups is 1. The molecule has 3 aromatic rings. The van der Waals surface area contributed by atoms with Crippen LogP contribution in [0.4, 0.5) is 0 Å². The number of nitrogens with zero attached hydrogens (tertiary/aromatic N) is 2. The number of benzene rings is 2. The van der Waals surface area contributed by atoms with Gasteiger partial charge in [-0.1, -0.05) is 30.3 Å². The Labute approximate surface area is 181 Å². The summed E-state index contributed by atoms with van der Waals surface area (Å²) in [6.07, 6.45) is 2.52. The number of nitrogens with one attached hydrogen (secondary N) is 1. The molecule has 1 aromatic heterocycles. The highest BCUT2D eigenvalue weighted by atomic mass is 32.2. The molecule has 2 heterocycles. The molecule has 0 saturated carbocycles. The Hall–Kier alpha value is -2.57. The van der Waals surface area contributed by atoms with Crippen molar-refractivity contribution >= 4 is 17.7 Å². The first-order valence-electron chi connectivity index (χ1n) is 10.4. The van der Waals surface area contributed by atoms with E-state index < -0.39 is 0 Å². The van der Waals surface area contributed by atoms with Gasteiger partial charge in [0.05, 0.1) is 23.0 Å². The van der Waals surface area contributed by atoms with E-state index in [1.807, 2.05) is 73.1 Å². The lowest BCUT2D eigenvalue weighted by Crippen LogP contribution is -2.24. The molecule has 1 saturated heterocycles. The van der Waals surface area contributed by atoms with Crippen LogP contribution >= 0.6 is 11.8 Å². The van der Waals surface area contributed by atoms with Gasteiger partial charge >= 0.3 is 0 Å². The molecule has 4 rings (SSSR count). The molecule has 2 aromatic carbocycles. The summed E-state index contributed by atoms with van der Waals surface area (Å²) in [5, 5.41) is 7.76. The molecule has 0 spiro atoms. The van der Waals surface area contributed by atoms with E-state index in [0.29, 0.717) is 18.2 Å². The first-order chi connectivity index (χ1) is 14.6. The Morgan fingerprint density at radius 1 is 1.17 bits per heavy atom. The number of para-hydroxylation sites is 1. The lowest BCUT2D eigenvalue weighted by Gasteiger charge is -2.12. The average molecular weight is 422 g/mol. The number of rotatable bonds is 7. The second-order valence-corrected chi connectivity index (χ2v) is 8.58. The third-order valence-electron chi connectivity index (χ3n) is 5.45. The van der Waals surface area contributed by atoms with Crippen LogP contribution in [0.5, 0.6) is 0 Å². The van der Waals surface area contributed by atoms with Crippen molar-refractivity contribution in [2.24, 2.45) is 0 Å². The summed E-state index contributed by atoms with van der Waals surface area (Å²) in [5.41, 5.74) is 4.76. The van der Waals surface area contributed by atoms with E-state index in [1.165, 1.54) is 0 Å². The molecule has 1 amide bonds. The van der Waals surface area contributed by atoms with Gasteiger partial charge in [0.15, 0.2) is 0 Å². The predicted molar refractivity (Wildman–Crippen MR) is 120 cm³/mol. The minimum Gasteiger partial charge on any atom is -0.377 e. The largest absolute Gasteiger partial charge is 0.377 e. The van der Waals surface area contributed by atoms with Gasteiger partial charge in [-0.15, -0.1) is 11.8 Å². The van der Waals surface area contributed by atoms with E-state index in [4.69, 9.17) is 4.74 Å². The van der Waals surface area contributed by atoms with E-state index in [0.717, 1.165) is 52.7 Å². The minimum atomic E-state index is -0.0586. The standard InChI is InChI=1S/C24H27N3O2S/c1-17-22(18(2)27(26-17)19-9-4-3-5-10-19)15-25-24(28)21-12-6-7-13-23(21)30-16-20-11-8-14-29-20/h3-7,9-10,12-13,20H,8,11,14-16H2,1-2H3,(H,25,28). The number of aryl methyl sites for hydroxylation is 1. The van der Waals surface area contributed by atoms with Gasteiger partial charge < -0.3 is 10.1 Å². The lowest BCUT2D eigenvalue weighted by atomic mass is 10.1. The Morgan fingerprint density at radius 2 is 1.93 bits per heavy atom. The van der Waals surface area contributed by atoms with Crippen LogP contribution in [-0.2, 0) is 11.3 Å². The molecule has 0 aliphatic carbocycles. The maximum absolute atomic E-state index is 13.0. The summed E-state index contributed by atoms with van der Waals surface area (Å²) in [6.45, 7) is 5.33. The fraction of sp³-hybridized carbons (Fsp3) is 0.333. The molecule has 1 atom stereocenters. The van der Waals surface area contributed by atoms with Gasteiger partial charge in [-0.2, -0.15) is 5.10 Å². The van der Waals surface area contributed by atoms with Crippen LogP contribution < -0.4 is 5.32 Å². The minimum absolute atomic E-state index is 0.0586. The fourth-order valence-electron chi connectivity index (χ4n) is 3.75. The van der Waals surface area contributed by atoms with Crippen LogP contribution in [0.2, 0.25) is 0 Å². The van der Waals surface area contributed by atoms with Crippen molar-refractivity contribution in [2.75, 3.05) is 12.4 Å². The van der Waals surface area contributed by atoms with Crippen molar-refractivity contribution in [3.63, 3.8) is 0 Å². The van der Waals surface area contributed by atoms with E-state index in [9.17, 15) is 4.79 Å². The van der Waals surface area contributed by atoms with Gasteiger partial charge in [0, 0.05) is 35.1 Å². The van der Waals surface area contributed by atoms with Crippen molar-refractivity contribution in [3.05, 3.63) is 77.1 Å². The van der Waals surface area contributed by atoms with Crippen LogP contribution in [-0.4, -0.2) is 34.2 Å². The molecule has 0 radical (unpaired) electrons. The maximum Gasteiger partial charge on any atom is 0.252 e. The van der Waals surface area contributed by atoms with Gasteiger partial charge in [-0.05, 0) is 51.0 Å². The zero-order chi connectivity index (χ0) is 20.9. The van der Waals surface area contributed by atoms with Crippen LogP contribution in [0.3, 0.4) is 0 Å². The molecule has 1 N–H and O–H groups in total. The first-order valence-corrected chi connectivity index (χ1v) is 11.3. The second kappa shape index (κ2) is 9.49. The van der Waals surface area contributed by atoms with Crippen molar-refractivity contribution in [3.8, 4) is 5.69 Å². The molecule has 0 bridgehead atoms. The summed E-state index contributed by atoms with van der Waals surface area (Å²) in [5.74, 6) is 0.823. The highest BCUT2D eigenvalue weighted by Gasteiger charge is 2.19. The Bertz CT molecular complexity index is 1010. The van der Waals surface area contributed by atoms with Gasteiger partial charge in [-0.3, -0.25) is 4.79 Å². The summed E-state index contributed by atoms with van der Waals surface area (Å²) in [4.78, 5) is 14.0. The van der Waals surface area contributed by atoms with Gasteiger partial charge in [0.2, 0.25) is 0 Å². The molecular formula is C24H27N3O2S. The van der Waals surface area contributed by atoms with Gasteiger partial charge in [0.25, 0.3) is 5.91 Å². The quantitative estimate of drug-likeness (QED) is 0.562. The van der Waals surface area contributed by atoms with E-state index >= 15 is 0 Å². The van der Waals surface area contributed by atoms with Crippen molar-refractivity contribution in [1.29, 1.82) is 0 Å². The topological polar surface area (TPSA) is 56.2 Å². The molecule has 1 unspecified atom stereocenters. The summed E-state index contributed by atoms with van der Waals surface area (Å²) >= 11 is 1.70. The maximum atomic E-state index is 13.0. The van der Waals surface area contributed by atoms with E-state index in [1.54, 1.807) is 11.8 Å². The molecule has 1 aliphatic rings. The second-order valence-electron chi connectivity index (χ2n) is 7.52. The third kappa shape index (κ3) is 4.60. The van der Waals surface area contributed by atoms with Crippen molar-refractivity contribution < 1.29 is 9.53 Å². The number of amides is 1. The SMILES string of the molecule is Cc1nn(-c2ccccc2)c(C)c1CNC(=O)c1ccccc1SCC1CCCO1. The number of hydrogen-bond acceptors (Lipinski definition) is 4. The molecule has 156 valence electrons. The van der Waals surface area contributed by atoms with E-state index in [2.05, 4.69) is 10.4 Å². The zero-order valence-electron chi connectivity index (χ0n) is 17.4. The Morgan fingerprint density at radius 3 is 2.70 bits per heavy atom. The first kappa shape index (κ1) is 20.7. The molecule has 5 nitrogen and oxygen atoms in total. The van der Waals surface area contributed by atoms with Crippen molar-refractivity contribution in [1.82, 2.24) is 15.1 Å².